The zero-order valence-corrected chi connectivity index (χ0v) is 37.0. The molecular formula is C49H84O10. The van der Waals surface area contributed by atoms with Gasteiger partial charge in [-0.3, -0.25) is 9.59 Å². The number of rotatable bonds is 38. The summed E-state index contributed by atoms with van der Waals surface area (Å²) in [5, 5.41) is 40.1. The van der Waals surface area contributed by atoms with Gasteiger partial charge in [0.05, 0.1) is 13.2 Å². The summed E-state index contributed by atoms with van der Waals surface area (Å²) in [6.45, 7) is 3.32. The molecular weight excluding hydrogens is 749 g/mol. The molecule has 0 bridgehead atoms. The Morgan fingerprint density at radius 2 is 0.983 bits per heavy atom. The summed E-state index contributed by atoms with van der Waals surface area (Å²) in [4.78, 5) is 25.3. The fourth-order valence-electron chi connectivity index (χ4n) is 6.66. The van der Waals surface area contributed by atoms with Crippen molar-refractivity contribution in [2.45, 2.75) is 218 Å². The van der Waals surface area contributed by atoms with Crippen molar-refractivity contribution < 1.29 is 49.0 Å². The van der Waals surface area contributed by atoms with Gasteiger partial charge in [0.15, 0.2) is 12.4 Å². The first-order chi connectivity index (χ1) is 28.8. The third-order valence-electron chi connectivity index (χ3n) is 10.4. The number of esters is 2. The van der Waals surface area contributed by atoms with Crippen molar-refractivity contribution in [2.24, 2.45) is 0 Å². The standard InChI is InChI=1S/C49H84O10/c1-3-5-7-9-11-13-15-17-19-20-21-22-24-26-28-30-32-34-36-38-45(52)58-42(41-57-49-48(55)47(54)46(53)43(39-50)59-49)40-56-44(51)37-35-33-31-29-27-25-23-18-16-14-12-10-8-6-4-2/h11,13,17,19,21-22,26,28,31,33,42-43,46-50,53-55H,3-10,12,14-16,18,20,23-25,27,29-30,32,34-41H2,1-2H3/b13-11+,19-17+,22-21+,28-26+,33-31+/t42-,43-,46+,47?,48?,49-/m1/s1. The number of aliphatic hydroxyl groups is 4. The Morgan fingerprint density at radius 1 is 0.525 bits per heavy atom. The number of carbonyl (C=O) groups excluding carboxylic acids is 2. The first-order valence-electron chi connectivity index (χ1n) is 23.4. The highest BCUT2D eigenvalue weighted by Gasteiger charge is 2.44. The topological polar surface area (TPSA) is 152 Å². The van der Waals surface area contributed by atoms with E-state index in [1.54, 1.807) is 0 Å². The Labute approximate surface area is 358 Å². The van der Waals surface area contributed by atoms with Gasteiger partial charge in [-0.05, 0) is 70.6 Å². The van der Waals surface area contributed by atoms with Gasteiger partial charge < -0.3 is 39.4 Å². The molecule has 0 aromatic carbocycles. The SMILES string of the molecule is CCCCC/C=C/C/C=C/C/C=C/C/C=C/CCCCCC(=O)O[C@H](COC(=O)CC/C=C/CCCCCCCCCCCCC)CO[C@@H]1O[C@H](CO)[C@H](O)C(O)C1O. The minimum absolute atomic E-state index is 0.183. The van der Waals surface area contributed by atoms with Crippen molar-refractivity contribution in [1.29, 1.82) is 0 Å². The molecule has 1 rings (SSSR count). The van der Waals surface area contributed by atoms with Crippen molar-refractivity contribution >= 4 is 11.9 Å². The highest BCUT2D eigenvalue weighted by Crippen LogP contribution is 2.22. The van der Waals surface area contributed by atoms with Crippen molar-refractivity contribution in [3.8, 4) is 0 Å². The average Bonchev–Trinajstić information content (AvgIpc) is 3.23. The molecule has 1 saturated heterocycles. The van der Waals surface area contributed by atoms with Crippen LogP contribution in [0.5, 0.6) is 0 Å². The van der Waals surface area contributed by atoms with Gasteiger partial charge in [0.1, 0.15) is 31.0 Å². The van der Waals surface area contributed by atoms with Gasteiger partial charge in [0, 0.05) is 12.8 Å². The Bertz CT molecular complexity index is 1150. The van der Waals surface area contributed by atoms with Gasteiger partial charge in [0.25, 0.3) is 0 Å². The van der Waals surface area contributed by atoms with E-state index in [9.17, 15) is 30.0 Å². The highest BCUT2D eigenvalue weighted by atomic mass is 16.7. The van der Waals surface area contributed by atoms with Crippen LogP contribution in [0.2, 0.25) is 0 Å². The fourth-order valence-corrected chi connectivity index (χ4v) is 6.66. The second-order valence-electron chi connectivity index (χ2n) is 15.8. The molecule has 0 aromatic rings. The molecule has 6 atom stereocenters. The lowest BCUT2D eigenvalue weighted by Gasteiger charge is -2.39. The molecule has 0 saturated carbocycles. The average molecular weight is 833 g/mol. The van der Waals surface area contributed by atoms with Crippen molar-refractivity contribution in [1.82, 2.24) is 0 Å². The smallest absolute Gasteiger partial charge is 0.306 e. The molecule has 0 amide bonds. The van der Waals surface area contributed by atoms with Crippen LogP contribution in [0, 0.1) is 0 Å². The summed E-state index contributed by atoms with van der Waals surface area (Å²) < 4.78 is 22.1. The lowest BCUT2D eigenvalue weighted by molar-refractivity contribution is -0.305. The number of carbonyl (C=O) groups is 2. The summed E-state index contributed by atoms with van der Waals surface area (Å²) in [7, 11) is 0. The van der Waals surface area contributed by atoms with Crippen molar-refractivity contribution in [3.63, 3.8) is 0 Å². The minimum Gasteiger partial charge on any atom is -0.462 e. The van der Waals surface area contributed by atoms with Crippen LogP contribution in [-0.2, 0) is 28.5 Å². The molecule has 4 N–H and O–H groups in total. The molecule has 1 aliphatic heterocycles. The molecule has 2 unspecified atom stereocenters. The van der Waals surface area contributed by atoms with E-state index in [-0.39, 0.29) is 26.1 Å². The number of hydrogen-bond acceptors (Lipinski definition) is 10. The predicted octanol–water partition coefficient (Wildman–Crippen LogP) is 10.2. The van der Waals surface area contributed by atoms with E-state index in [4.69, 9.17) is 18.9 Å². The molecule has 0 radical (unpaired) electrons. The number of aliphatic hydroxyl groups excluding tert-OH is 4. The van der Waals surface area contributed by atoms with Crippen LogP contribution in [0.4, 0.5) is 0 Å². The van der Waals surface area contributed by atoms with E-state index >= 15 is 0 Å². The molecule has 10 heteroatoms. The Morgan fingerprint density at radius 3 is 1.54 bits per heavy atom. The van der Waals surface area contributed by atoms with Crippen LogP contribution < -0.4 is 0 Å². The molecule has 0 aliphatic carbocycles. The van der Waals surface area contributed by atoms with E-state index in [1.807, 2.05) is 6.08 Å². The molecule has 0 spiro atoms. The summed E-state index contributed by atoms with van der Waals surface area (Å²) in [5.41, 5.74) is 0. The largest absolute Gasteiger partial charge is 0.462 e. The maximum Gasteiger partial charge on any atom is 0.306 e. The van der Waals surface area contributed by atoms with Crippen LogP contribution >= 0.6 is 0 Å². The van der Waals surface area contributed by atoms with Gasteiger partial charge in [-0.2, -0.15) is 0 Å². The second kappa shape index (κ2) is 39.5. The maximum atomic E-state index is 12.8. The molecule has 1 heterocycles. The first-order valence-corrected chi connectivity index (χ1v) is 23.4. The lowest BCUT2D eigenvalue weighted by Crippen LogP contribution is -2.59. The third kappa shape index (κ3) is 31.0. The summed E-state index contributed by atoms with van der Waals surface area (Å²) in [6, 6.07) is 0. The molecule has 340 valence electrons. The number of allylic oxidation sites excluding steroid dienone is 10. The molecule has 59 heavy (non-hydrogen) atoms. The highest BCUT2D eigenvalue weighted by molar-refractivity contribution is 5.70. The summed E-state index contributed by atoms with van der Waals surface area (Å²) in [5.74, 6) is -0.901. The van der Waals surface area contributed by atoms with Crippen LogP contribution in [0.15, 0.2) is 60.8 Å². The van der Waals surface area contributed by atoms with Gasteiger partial charge in [-0.25, -0.2) is 0 Å². The monoisotopic (exact) mass is 833 g/mol. The van der Waals surface area contributed by atoms with E-state index in [0.29, 0.717) is 12.8 Å². The first kappa shape index (κ1) is 54.4. The Kier molecular flexibility index (Phi) is 36.5. The predicted molar refractivity (Wildman–Crippen MR) is 238 cm³/mol. The molecule has 10 nitrogen and oxygen atoms in total. The minimum atomic E-state index is -1.61. The van der Waals surface area contributed by atoms with Crippen LogP contribution in [-0.4, -0.2) is 89.0 Å². The van der Waals surface area contributed by atoms with Crippen molar-refractivity contribution in [2.75, 3.05) is 19.8 Å². The zero-order chi connectivity index (χ0) is 43.0. The summed E-state index contributed by atoms with van der Waals surface area (Å²) in [6.07, 6.45) is 40.9. The molecule has 0 aromatic heterocycles. The quantitative estimate of drug-likeness (QED) is 0.0269. The van der Waals surface area contributed by atoms with Crippen molar-refractivity contribution in [3.05, 3.63) is 60.8 Å². The molecule has 1 fully saturated rings. The normalized spacial score (nSPS) is 20.5. The second-order valence-corrected chi connectivity index (χ2v) is 15.8. The number of ether oxygens (including phenoxy) is 4. The van der Waals surface area contributed by atoms with E-state index in [2.05, 4.69) is 68.5 Å². The third-order valence-corrected chi connectivity index (χ3v) is 10.4. The number of hydrogen-bond donors (Lipinski definition) is 4. The van der Waals surface area contributed by atoms with Gasteiger partial charge in [-0.1, -0.05) is 158 Å². The maximum absolute atomic E-state index is 12.8. The van der Waals surface area contributed by atoms with Gasteiger partial charge in [-0.15, -0.1) is 0 Å². The molecule has 1 aliphatic rings. The van der Waals surface area contributed by atoms with E-state index < -0.39 is 55.4 Å². The van der Waals surface area contributed by atoms with Crippen LogP contribution in [0.3, 0.4) is 0 Å². The van der Waals surface area contributed by atoms with Crippen LogP contribution in [0.25, 0.3) is 0 Å². The Hall–Kier alpha value is -2.60. The summed E-state index contributed by atoms with van der Waals surface area (Å²) >= 11 is 0. The lowest BCUT2D eigenvalue weighted by atomic mass is 9.99. The van der Waals surface area contributed by atoms with Gasteiger partial charge >= 0.3 is 11.9 Å². The van der Waals surface area contributed by atoms with Crippen LogP contribution in [0.1, 0.15) is 181 Å². The number of unbranched alkanes of at least 4 members (excludes halogenated alkanes) is 17. The van der Waals surface area contributed by atoms with Gasteiger partial charge in [0.2, 0.25) is 0 Å². The zero-order valence-electron chi connectivity index (χ0n) is 37.0. The Balaban J connectivity index is 2.37. The fraction of sp³-hybridized carbons (Fsp3) is 0.755. The van der Waals surface area contributed by atoms with E-state index in [1.165, 1.54) is 89.9 Å². The van der Waals surface area contributed by atoms with E-state index in [0.717, 1.165) is 51.4 Å².